The second-order valence-corrected chi connectivity index (χ2v) is 7.95. The number of fused-ring (bicyclic) bond motifs is 3. The van der Waals surface area contributed by atoms with Crippen molar-refractivity contribution in [3.8, 4) is 11.3 Å². The van der Waals surface area contributed by atoms with Crippen LogP contribution in [0, 0.1) is 6.92 Å². The predicted octanol–water partition coefficient (Wildman–Crippen LogP) is 4.76. The summed E-state index contributed by atoms with van der Waals surface area (Å²) in [5, 5.41) is 0. The first-order valence-electron chi connectivity index (χ1n) is 11.3. The van der Waals surface area contributed by atoms with Crippen molar-refractivity contribution in [2.45, 2.75) is 40.5 Å². The van der Waals surface area contributed by atoms with E-state index in [0.717, 1.165) is 73.3 Å². The molecule has 0 saturated heterocycles. The molecular weight excluding hydrogens is 382 g/mol. The minimum absolute atomic E-state index is 0.645. The molecule has 31 heavy (non-hydrogen) atoms. The average Bonchev–Trinajstić information content (AvgIpc) is 3.13. The molecule has 164 valence electrons. The van der Waals surface area contributed by atoms with Crippen molar-refractivity contribution in [2.24, 2.45) is 0 Å². The maximum absolute atomic E-state index is 5.07. The Morgan fingerprint density at radius 3 is 2.52 bits per heavy atom. The zero-order valence-corrected chi connectivity index (χ0v) is 19.5. The largest absolute Gasteiger partial charge is 0.355 e. The van der Waals surface area contributed by atoms with E-state index in [2.05, 4.69) is 56.7 Å². The van der Waals surface area contributed by atoms with Crippen LogP contribution in [0.15, 0.2) is 49.2 Å². The van der Waals surface area contributed by atoms with Gasteiger partial charge in [0.25, 0.3) is 0 Å². The maximum Gasteiger partial charge on any atom is 0.142 e. The van der Waals surface area contributed by atoms with Crippen LogP contribution in [0.25, 0.3) is 11.3 Å². The van der Waals surface area contributed by atoms with Gasteiger partial charge in [-0.3, -0.25) is 4.98 Å². The van der Waals surface area contributed by atoms with Crippen molar-refractivity contribution < 1.29 is 0 Å². The Balaban J connectivity index is 2.06. The number of rotatable bonds is 11. The quantitative estimate of drug-likeness (QED) is 0.421. The number of allylic oxidation sites excluding steroid dienone is 4. The molecule has 0 unspecified atom stereocenters. The van der Waals surface area contributed by atoms with E-state index in [1.54, 1.807) is 6.08 Å². The molecule has 0 amide bonds. The molecule has 2 aromatic rings. The molecule has 0 saturated carbocycles. The fourth-order valence-corrected chi connectivity index (χ4v) is 4.14. The van der Waals surface area contributed by atoms with E-state index in [4.69, 9.17) is 15.0 Å². The first kappa shape index (κ1) is 22.9. The first-order valence-corrected chi connectivity index (χ1v) is 11.3. The normalized spacial score (nSPS) is 12.6. The molecule has 1 aliphatic rings. The molecule has 1 aliphatic carbocycles. The summed E-state index contributed by atoms with van der Waals surface area (Å²) in [6.07, 6.45) is 9.02. The standard InChI is InChI=1S/C26H35N5/c1-7-12-20(8-2)16-23-28-22-17-21-15-19(6)18-27-25(21)24(22)26(29-23)31(11-5)14-13-30(9-3)10-4/h7-8,12,15,18H,1-2,9-11,13-14,16-17H2,3-6H3/b20-12+. The number of aryl methyl sites for hydroxylation is 1. The highest BCUT2D eigenvalue weighted by atomic mass is 15.2. The van der Waals surface area contributed by atoms with Gasteiger partial charge in [-0.25, -0.2) is 9.97 Å². The van der Waals surface area contributed by atoms with Gasteiger partial charge in [0.2, 0.25) is 0 Å². The molecule has 0 aromatic carbocycles. The number of pyridine rings is 1. The monoisotopic (exact) mass is 417 g/mol. The van der Waals surface area contributed by atoms with Crippen molar-refractivity contribution >= 4 is 5.82 Å². The van der Waals surface area contributed by atoms with E-state index in [0.29, 0.717) is 6.42 Å². The molecular formula is C26H35N5. The van der Waals surface area contributed by atoms with Crippen molar-refractivity contribution in [1.82, 2.24) is 19.9 Å². The highest BCUT2D eigenvalue weighted by Crippen LogP contribution is 2.40. The molecule has 0 atom stereocenters. The molecule has 0 N–H and O–H groups in total. The summed E-state index contributed by atoms with van der Waals surface area (Å²) in [5.74, 6) is 1.83. The Morgan fingerprint density at radius 1 is 1.10 bits per heavy atom. The van der Waals surface area contributed by atoms with Crippen LogP contribution < -0.4 is 4.90 Å². The van der Waals surface area contributed by atoms with E-state index < -0.39 is 0 Å². The lowest BCUT2D eigenvalue weighted by molar-refractivity contribution is 0.309. The predicted molar refractivity (Wildman–Crippen MR) is 131 cm³/mol. The molecule has 0 spiro atoms. The third kappa shape index (κ3) is 5.10. The van der Waals surface area contributed by atoms with E-state index in [1.165, 1.54) is 11.1 Å². The van der Waals surface area contributed by atoms with Gasteiger partial charge in [0.05, 0.1) is 17.0 Å². The van der Waals surface area contributed by atoms with Crippen molar-refractivity contribution in [2.75, 3.05) is 37.6 Å². The minimum atomic E-state index is 0.645. The van der Waals surface area contributed by atoms with E-state index >= 15 is 0 Å². The number of hydrogen-bond acceptors (Lipinski definition) is 5. The Bertz CT molecular complexity index is 972. The Morgan fingerprint density at radius 2 is 1.87 bits per heavy atom. The van der Waals surface area contributed by atoms with E-state index in [1.807, 2.05) is 18.3 Å². The zero-order chi connectivity index (χ0) is 22.4. The van der Waals surface area contributed by atoms with Crippen LogP contribution >= 0.6 is 0 Å². The molecule has 5 heteroatoms. The van der Waals surface area contributed by atoms with Crippen LogP contribution in [0.2, 0.25) is 0 Å². The summed E-state index contributed by atoms with van der Waals surface area (Å²) < 4.78 is 0. The highest BCUT2D eigenvalue weighted by molar-refractivity contribution is 5.82. The molecule has 0 fully saturated rings. The van der Waals surface area contributed by atoms with Crippen LogP contribution in [0.4, 0.5) is 5.82 Å². The average molecular weight is 418 g/mol. The van der Waals surface area contributed by atoms with Crippen LogP contribution in [0.3, 0.4) is 0 Å². The van der Waals surface area contributed by atoms with Gasteiger partial charge in [0.15, 0.2) is 0 Å². The van der Waals surface area contributed by atoms with Gasteiger partial charge in [-0.1, -0.05) is 51.3 Å². The van der Waals surface area contributed by atoms with Gasteiger partial charge in [-0.15, -0.1) is 0 Å². The smallest absolute Gasteiger partial charge is 0.142 e. The summed E-state index contributed by atoms with van der Waals surface area (Å²) >= 11 is 0. The van der Waals surface area contributed by atoms with Gasteiger partial charge in [-0.2, -0.15) is 0 Å². The summed E-state index contributed by atoms with van der Waals surface area (Å²) in [6.45, 7) is 21.4. The Kier molecular flexibility index (Phi) is 7.75. The Hall–Kier alpha value is -2.79. The summed E-state index contributed by atoms with van der Waals surface area (Å²) in [6, 6.07) is 2.23. The van der Waals surface area contributed by atoms with Gasteiger partial charge in [0.1, 0.15) is 11.6 Å². The topological polar surface area (TPSA) is 45.2 Å². The summed E-state index contributed by atoms with van der Waals surface area (Å²) in [7, 11) is 0. The second kappa shape index (κ2) is 10.5. The molecule has 3 rings (SSSR count). The van der Waals surface area contributed by atoms with Crippen LogP contribution in [-0.4, -0.2) is 52.6 Å². The van der Waals surface area contributed by atoms with Crippen LogP contribution in [0.1, 0.15) is 43.4 Å². The lowest BCUT2D eigenvalue weighted by atomic mass is 10.1. The third-order valence-corrected chi connectivity index (χ3v) is 5.93. The van der Waals surface area contributed by atoms with Crippen molar-refractivity contribution in [3.05, 3.63) is 71.9 Å². The molecule has 0 radical (unpaired) electrons. The van der Waals surface area contributed by atoms with Crippen LogP contribution in [0.5, 0.6) is 0 Å². The fraction of sp³-hybridized carbons (Fsp3) is 0.423. The van der Waals surface area contributed by atoms with Gasteiger partial charge >= 0.3 is 0 Å². The van der Waals surface area contributed by atoms with E-state index in [9.17, 15) is 0 Å². The number of hydrogen-bond donors (Lipinski definition) is 0. The zero-order valence-electron chi connectivity index (χ0n) is 19.5. The van der Waals surface area contributed by atoms with Gasteiger partial charge in [-0.05, 0) is 43.6 Å². The molecule has 2 heterocycles. The first-order chi connectivity index (χ1) is 15.0. The third-order valence-electron chi connectivity index (χ3n) is 5.93. The maximum atomic E-state index is 5.07. The number of nitrogens with zero attached hydrogens (tertiary/aromatic N) is 5. The van der Waals surface area contributed by atoms with E-state index in [-0.39, 0.29) is 0 Å². The second-order valence-electron chi connectivity index (χ2n) is 7.95. The summed E-state index contributed by atoms with van der Waals surface area (Å²) in [5.41, 5.74) is 6.71. The lowest BCUT2D eigenvalue weighted by Gasteiger charge is -2.28. The number of likely N-dealkylation sites (N-methyl/N-ethyl adjacent to an activating group) is 2. The van der Waals surface area contributed by atoms with Crippen LogP contribution in [-0.2, 0) is 12.8 Å². The Labute approximate surface area is 187 Å². The number of anilines is 1. The van der Waals surface area contributed by atoms with Crippen molar-refractivity contribution in [3.63, 3.8) is 0 Å². The molecule has 5 nitrogen and oxygen atoms in total. The van der Waals surface area contributed by atoms with Gasteiger partial charge < -0.3 is 9.80 Å². The highest BCUT2D eigenvalue weighted by Gasteiger charge is 2.28. The summed E-state index contributed by atoms with van der Waals surface area (Å²) in [4.78, 5) is 19.6. The molecule has 0 bridgehead atoms. The SMILES string of the molecule is C=C/C=C(\C=C)Cc1nc2c(c(N(CC)CCN(CC)CC)n1)-c1ncc(C)cc1C2. The lowest BCUT2D eigenvalue weighted by Crippen LogP contribution is -2.36. The number of aromatic nitrogens is 3. The van der Waals surface area contributed by atoms with Crippen molar-refractivity contribution in [1.29, 1.82) is 0 Å². The molecule has 2 aromatic heterocycles. The minimum Gasteiger partial charge on any atom is -0.355 e. The van der Waals surface area contributed by atoms with Gasteiger partial charge in [0, 0.05) is 38.7 Å². The molecule has 0 aliphatic heterocycles. The fourth-order valence-electron chi connectivity index (χ4n) is 4.14.